The first-order chi connectivity index (χ1) is 14.1. The van der Waals surface area contributed by atoms with Crippen LogP contribution in [0.2, 0.25) is 13.1 Å². The lowest BCUT2D eigenvalue weighted by Gasteiger charge is -2.33. The summed E-state index contributed by atoms with van der Waals surface area (Å²) < 4.78 is 0. The minimum atomic E-state index is -1.74. The van der Waals surface area contributed by atoms with E-state index < -0.39 is 8.07 Å². The molecule has 1 heteroatoms. The summed E-state index contributed by atoms with van der Waals surface area (Å²) >= 11 is 0. The van der Waals surface area contributed by atoms with Crippen molar-refractivity contribution in [3.05, 3.63) is 97.1 Å². The second-order valence-corrected chi connectivity index (χ2v) is 12.9. The van der Waals surface area contributed by atoms with Crippen molar-refractivity contribution >= 4 is 40.0 Å². The van der Waals surface area contributed by atoms with E-state index in [0.29, 0.717) is 0 Å². The molecule has 0 unspecified atom stereocenters. The van der Waals surface area contributed by atoms with Gasteiger partial charge >= 0.3 is 0 Å². The van der Waals surface area contributed by atoms with Gasteiger partial charge in [-0.05, 0) is 60.2 Å². The van der Waals surface area contributed by atoms with Crippen LogP contribution in [0.15, 0.2) is 97.1 Å². The zero-order chi connectivity index (χ0) is 19.6. The maximum absolute atomic E-state index is 2.49. The van der Waals surface area contributed by atoms with Crippen molar-refractivity contribution in [1.82, 2.24) is 0 Å². The van der Waals surface area contributed by atoms with E-state index in [4.69, 9.17) is 0 Å². The molecule has 1 aliphatic heterocycles. The highest BCUT2D eigenvalue weighted by atomic mass is 28.3. The van der Waals surface area contributed by atoms with Gasteiger partial charge in [0.1, 0.15) is 8.07 Å². The van der Waals surface area contributed by atoms with Crippen molar-refractivity contribution in [2.45, 2.75) is 13.1 Å². The highest BCUT2D eigenvalue weighted by molar-refractivity contribution is 7.03. The largest absolute Gasteiger partial charge is 0.113 e. The van der Waals surface area contributed by atoms with Crippen LogP contribution in [0.5, 0.6) is 0 Å². The first-order valence-electron chi connectivity index (χ1n) is 10.3. The molecule has 1 aliphatic rings. The van der Waals surface area contributed by atoms with Crippen LogP contribution in [0, 0.1) is 0 Å². The number of rotatable bonds is 1. The number of benzene rings is 5. The van der Waals surface area contributed by atoms with Crippen LogP contribution in [0.3, 0.4) is 0 Å². The maximum atomic E-state index is 2.49. The van der Waals surface area contributed by atoms with Crippen molar-refractivity contribution in [3.63, 3.8) is 0 Å². The van der Waals surface area contributed by atoms with Gasteiger partial charge in [0, 0.05) is 0 Å². The fourth-order valence-corrected chi connectivity index (χ4v) is 8.28. The molecule has 0 bridgehead atoms. The second-order valence-electron chi connectivity index (χ2n) is 8.62. The third-order valence-electron chi connectivity index (χ3n) is 6.66. The third-order valence-corrected chi connectivity index (χ3v) is 10.2. The van der Waals surface area contributed by atoms with Crippen LogP contribution < -0.4 is 10.4 Å². The summed E-state index contributed by atoms with van der Waals surface area (Å²) in [6.45, 7) is 4.99. The van der Waals surface area contributed by atoms with E-state index in [0.717, 1.165) is 0 Å². The summed E-state index contributed by atoms with van der Waals surface area (Å²) in [7, 11) is -1.74. The average molecular weight is 387 g/mol. The Labute approximate surface area is 172 Å². The first kappa shape index (κ1) is 16.8. The van der Waals surface area contributed by atoms with Gasteiger partial charge in [-0.2, -0.15) is 0 Å². The Bertz CT molecular complexity index is 1410. The molecule has 0 amide bonds. The van der Waals surface area contributed by atoms with Crippen molar-refractivity contribution in [2.75, 3.05) is 0 Å². The van der Waals surface area contributed by atoms with E-state index in [-0.39, 0.29) is 0 Å². The number of fused-ring (bicyclic) bond motifs is 3. The highest BCUT2D eigenvalue weighted by Gasteiger charge is 2.35. The predicted molar refractivity (Wildman–Crippen MR) is 129 cm³/mol. The Morgan fingerprint density at radius 3 is 2.07 bits per heavy atom. The van der Waals surface area contributed by atoms with Crippen LogP contribution in [0.4, 0.5) is 0 Å². The Morgan fingerprint density at radius 2 is 1.21 bits per heavy atom. The lowest BCUT2D eigenvalue weighted by molar-refractivity contribution is 1.61. The summed E-state index contributed by atoms with van der Waals surface area (Å²) in [5.74, 6) is 0. The molecule has 1 heterocycles. The molecule has 0 saturated heterocycles. The molecule has 0 aromatic heterocycles. The molecule has 0 spiro atoms. The molecule has 29 heavy (non-hydrogen) atoms. The van der Waals surface area contributed by atoms with Crippen LogP contribution in [0.1, 0.15) is 0 Å². The third kappa shape index (κ3) is 2.31. The van der Waals surface area contributed by atoms with Crippen LogP contribution >= 0.6 is 0 Å². The van der Waals surface area contributed by atoms with Crippen LogP contribution in [0.25, 0.3) is 43.8 Å². The summed E-state index contributed by atoms with van der Waals surface area (Å²) in [4.78, 5) is 0. The van der Waals surface area contributed by atoms with Gasteiger partial charge in [0.25, 0.3) is 0 Å². The van der Waals surface area contributed by atoms with Crippen LogP contribution in [-0.2, 0) is 0 Å². The zero-order valence-electron chi connectivity index (χ0n) is 16.7. The Hall–Kier alpha value is -3.16. The van der Waals surface area contributed by atoms with Gasteiger partial charge in [-0.25, -0.2) is 0 Å². The van der Waals surface area contributed by atoms with E-state index in [2.05, 4.69) is 110 Å². The summed E-state index contributed by atoms with van der Waals surface area (Å²) in [6, 6.07) is 36.1. The molecule has 0 saturated carbocycles. The van der Waals surface area contributed by atoms with E-state index in [1.165, 1.54) is 43.8 Å². The van der Waals surface area contributed by atoms with E-state index in [1.54, 1.807) is 10.4 Å². The summed E-state index contributed by atoms with van der Waals surface area (Å²) in [5.41, 5.74) is 5.44. The normalized spacial score (nSPS) is 14.1. The molecule has 0 radical (unpaired) electrons. The average Bonchev–Trinajstić information content (AvgIpc) is 2.77. The highest BCUT2D eigenvalue weighted by Crippen LogP contribution is 2.37. The smallest absolute Gasteiger partial charge is 0.0619 e. The Balaban J connectivity index is 1.68. The molecule has 138 valence electrons. The van der Waals surface area contributed by atoms with Gasteiger partial charge in [-0.15, -0.1) is 0 Å². The van der Waals surface area contributed by atoms with Gasteiger partial charge in [0.15, 0.2) is 0 Å². The van der Waals surface area contributed by atoms with E-state index >= 15 is 0 Å². The standard InChI is InChI=1S/C28H22Si/c1-29(2)26-17-16-21(23-13-5-9-19-8-3-4-12-22(19)23)18-25(26)24-14-6-10-20-11-7-15-27(29)28(20)24/h3-18H,1-2H3. The predicted octanol–water partition coefficient (Wildman–Crippen LogP) is 6.46. The molecule has 0 N–H and O–H groups in total. The fraction of sp³-hybridized carbons (Fsp3) is 0.0714. The molecule has 0 fully saturated rings. The quantitative estimate of drug-likeness (QED) is 0.290. The lowest BCUT2D eigenvalue weighted by Crippen LogP contribution is -2.55. The Morgan fingerprint density at radius 1 is 0.517 bits per heavy atom. The molecule has 6 rings (SSSR count). The SMILES string of the molecule is C[Si]1(C)c2ccc(-c3cccc4ccccc34)cc2-c2cccc3cccc1c23. The van der Waals surface area contributed by atoms with Crippen molar-refractivity contribution in [2.24, 2.45) is 0 Å². The van der Waals surface area contributed by atoms with Gasteiger partial charge in [0.2, 0.25) is 0 Å². The van der Waals surface area contributed by atoms with Gasteiger partial charge < -0.3 is 0 Å². The minimum Gasteiger partial charge on any atom is -0.0619 e. The monoisotopic (exact) mass is 386 g/mol. The summed E-state index contributed by atoms with van der Waals surface area (Å²) in [6.07, 6.45) is 0. The van der Waals surface area contributed by atoms with Crippen molar-refractivity contribution in [3.8, 4) is 22.3 Å². The molecule has 5 aromatic rings. The van der Waals surface area contributed by atoms with Crippen molar-refractivity contribution < 1.29 is 0 Å². The second kappa shape index (κ2) is 5.92. The zero-order valence-corrected chi connectivity index (χ0v) is 17.7. The lowest BCUT2D eigenvalue weighted by atomic mass is 9.93. The van der Waals surface area contributed by atoms with E-state index in [1.807, 2.05) is 0 Å². The first-order valence-corrected chi connectivity index (χ1v) is 13.3. The fourth-order valence-electron chi connectivity index (χ4n) is 5.19. The number of hydrogen-bond acceptors (Lipinski definition) is 0. The van der Waals surface area contributed by atoms with Crippen LogP contribution in [-0.4, -0.2) is 8.07 Å². The van der Waals surface area contributed by atoms with Gasteiger partial charge in [0.05, 0.1) is 0 Å². The Kier molecular flexibility index (Phi) is 3.42. The molecule has 5 aromatic carbocycles. The number of hydrogen-bond donors (Lipinski definition) is 0. The molecule has 0 atom stereocenters. The van der Waals surface area contributed by atoms with Crippen molar-refractivity contribution in [1.29, 1.82) is 0 Å². The van der Waals surface area contributed by atoms with E-state index in [9.17, 15) is 0 Å². The molecular formula is C28H22Si. The van der Waals surface area contributed by atoms with Gasteiger partial charge in [-0.3, -0.25) is 0 Å². The summed E-state index contributed by atoms with van der Waals surface area (Å²) in [5, 5.41) is 8.56. The molecular weight excluding hydrogens is 364 g/mol. The molecule has 0 aliphatic carbocycles. The molecule has 0 nitrogen and oxygen atoms in total. The topological polar surface area (TPSA) is 0 Å². The van der Waals surface area contributed by atoms with Gasteiger partial charge in [-0.1, -0.05) is 104 Å². The maximum Gasteiger partial charge on any atom is 0.113 e. The minimum absolute atomic E-state index is 1.30.